The van der Waals surface area contributed by atoms with E-state index < -0.39 is 0 Å². The normalized spacial score (nSPS) is 10.4. The van der Waals surface area contributed by atoms with Gasteiger partial charge in [0.25, 0.3) is 0 Å². The Kier molecular flexibility index (Phi) is 8.22. The van der Waals surface area contributed by atoms with Crippen LogP contribution in [0, 0.1) is 6.92 Å². The Morgan fingerprint density at radius 1 is 1.04 bits per heavy atom. The third-order valence-corrected chi connectivity index (χ3v) is 4.95. The van der Waals surface area contributed by atoms with E-state index in [9.17, 15) is 9.59 Å². The molecule has 5 heteroatoms. The Morgan fingerprint density at radius 2 is 1.77 bits per heavy atom. The molecule has 138 valence electrons. The summed E-state index contributed by atoms with van der Waals surface area (Å²) in [5, 5.41) is 0. The molecule has 0 aliphatic rings. The zero-order valence-corrected chi connectivity index (χ0v) is 16.1. The van der Waals surface area contributed by atoms with Crippen LogP contribution in [-0.2, 0) is 26.6 Å². The summed E-state index contributed by atoms with van der Waals surface area (Å²) in [4.78, 5) is 25.8. The quantitative estimate of drug-likeness (QED) is 0.629. The number of benzene rings is 2. The fourth-order valence-electron chi connectivity index (χ4n) is 2.57. The third kappa shape index (κ3) is 6.92. The van der Waals surface area contributed by atoms with E-state index in [-0.39, 0.29) is 18.3 Å². The van der Waals surface area contributed by atoms with Gasteiger partial charge in [0.05, 0.1) is 19.3 Å². The molecule has 0 atom stereocenters. The van der Waals surface area contributed by atoms with Crippen molar-refractivity contribution in [2.24, 2.45) is 0 Å². The van der Waals surface area contributed by atoms with Crippen molar-refractivity contribution in [3.63, 3.8) is 0 Å². The Balaban J connectivity index is 1.91. The van der Waals surface area contributed by atoms with Gasteiger partial charge in [-0.05, 0) is 18.1 Å². The lowest BCUT2D eigenvalue weighted by atomic mass is 10.2. The number of rotatable bonds is 9. The molecule has 0 aromatic heterocycles. The molecule has 0 aliphatic carbocycles. The van der Waals surface area contributed by atoms with Gasteiger partial charge < -0.3 is 9.64 Å². The number of carbonyl (C=O) groups is 2. The molecule has 0 unspecified atom stereocenters. The van der Waals surface area contributed by atoms with Gasteiger partial charge in [-0.15, -0.1) is 11.8 Å². The van der Waals surface area contributed by atoms with E-state index in [0.717, 1.165) is 11.3 Å². The fraction of sp³-hybridized carbons (Fsp3) is 0.333. The van der Waals surface area contributed by atoms with Crippen LogP contribution in [-0.4, -0.2) is 36.2 Å². The minimum absolute atomic E-state index is 0.0374. The van der Waals surface area contributed by atoms with Gasteiger partial charge in [0.1, 0.15) is 0 Å². The number of methoxy groups -OCH3 is 1. The number of ether oxygens (including phenoxy) is 1. The zero-order valence-electron chi connectivity index (χ0n) is 15.3. The van der Waals surface area contributed by atoms with Crippen molar-refractivity contribution in [1.82, 2.24) is 4.90 Å². The molecule has 0 bridgehead atoms. The van der Waals surface area contributed by atoms with Crippen LogP contribution >= 0.6 is 11.8 Å². The molecule has 2 aromatic carbocycles. The number of hydrogen-bond donors (Lipinski definition) is 0. The lowest BCUT2D eigenvalue weighted by Gasteiger charge is -2.22. The fourth-order valence-corrected chi connectivity index (χ4v) is 3.45. The summed E-state index contributed by atoms with van der Waals surface area (Å²) in [6, 6.07) is 18.1. The molecule has 0 saturated heterocycles. The molecule has 0 aliphatic heterocycles. The number of nitrogens with zero attached hydrogens (tertiary/aromatic N) is 1. The first-order valence-electron chi connectivity index (χ1n) is 8.60. The maximum absolute atomic E-state index is 12.7. The summed E-state index contributed by atoms with van der Waals surface area (Å²) in [6.07, 6.45) is 0.206. The van der Waals surface area contributed by atoms with Crippen LogP contribution in [0.25, 0.3) is 0 Å². The smallest absolute Gasteiger partial charge is 0.307 e. The summed E-state index contributed by atoms with van der Waals surface area (Å²) < 4.78 is 4.70. The van der Waals surface area contributed by atoms with Crippen molar-refractivity contribution in [2.75, 3.05) is 19.4 Å². The maximum Gasteiger partial charge on any atom is 0.307 e. The molecule has 2 aromatic rings. The van der Waals surface area contributed by atoms with Crippen molar-refractivity contribution >= 4 is 23.6 Å². The molecule has 0 spiro atoms. The number of thioether (sulfide) groups is 1. The van der Waals surface area contributed by atoms with Crippen molar-refractivity contribution in [3.8, 4) is 0 Å². The summed E-state index contributed by atoms with van der Waals surface area (Å²) in [5.74, 6) is 0.921. The summed E-state index contributed by atoms with van der Waals surface area (Å²) in [7, 11) is 1.36. The molecule has 0 N–H and O–H groups in total. The zero-order chi connectivity index (χ0) is 18.8. The molecular weight excluding hydrogens is 346 g/mol. The molecule has 0 radical (unpaired) electrons. The van der Waals surface area contributed by atoms with E-state index in [1.807, 2.05) is 36.4 Å². The van der Waals surface area contributed by atoms with Gasteiger partial charge in [0.15, 0.2) is 0 Å². The molecule has 26 heavy (non-hydrogen) atoms. The van der Waals surface area contributed by atoms with Crippen LogP contribution in [0.3, 0.4) is 0 Å². The van der Waals surface area contributed by atoms with Crippen molar-refractivity contribution < 1.29 is 14.3 Å². The van der Waals surface area contributed by atoms with E-state index >= 15 is 0 Å². The van der Waals surface area contributed by atoms with Crippen LogP contribution in [0.15, 0.2) is 54.6 Å². The maximum atomic E-state index is 12.7. The van der Waals surface area contributed by atoms with Crippen LogP contribution < -0.4 is 0 Å². The van der Waals surface area contributed by atoms with E-state index in [2.05, 4.69) is 25.1 Å². The Hall–Kier alpha value is -2.27. The monoisotopic (exact) mass is 371 g/mol. The van der Waals surface area contributed by atoms with Crippen molar-refractivity contribution in [3.05, 3.63) is 71.3 Å². The largest absolute Gasteiger partial charge is 0.469 e. The van der Waals surface area contributed by atoms with Gasteiger partial charge in [-0.1, -0.05) is 60.2 Å². The van der Waals surface area contributed by atoms with Gasteiger partial charge >= 0.3 is 5.97 Å². The van der Waals surface area contributed by atoms with E-state index in [0.29, 0.717) is 18.8 Å². The van der Waals surface area contributed by atoms with Gasteiger partial charge in [-0.2, -0.15) is 0 Å². The Morgan fingerprint density at radius 3 is 2.46 bits per heavy atom. The highest BCUT2D eigenvalue weighted by atomic mass is 32.2. The predicted octanol–water partition coefficient (Wildman–Crippen LogP) is 3.82. The Labute approximate surface area is 159 Å². The summed E-state index contributed by atoms with van der Waals surface area (Å²) >= 11 is 1.59. The van der Waals surface area contributed by atoms with Gasteiger partial charge in [-0.3, -0.25) is 9.59 Å². The highest BCUT2D eigenvalue weighted by molar-refractivity contribution is 7.99. The average Bonchev–Trinajstić information content (AvgIpc) is 2.65. The number of esters is 1. The van der Waals surface area contributed by atoms with Crippen LogP contribution in [0.4, 0.5) is 0 Å². The molecule has 0 saturated carbocycles. The Bertz CT molecular complexity index is 718. The van der Waals surface area contributed by atoms with Crippen LogP contribution in [0.1, 0.15) is 23.1 Å². The van der Waals surface area contributed by atoms with Gasteiger partial charge in [-0.25, -0.2) is 0 Å². The van der Waals surface area contributed by atoms with Gasteiger partial charge in [0.2, 0.25) is 5.91 Å². The minimum atomic E-state index is -0.303. The summed E-state index contributed by atoms with van der Waals surface area (Å²) in [6.45, 7) is 2.93. The molecule has 0 heterocycles. The highest BCUT2D eigenvalue weighted by Gasteiger charge is 2.16. The SMILES string of the molecule is COC(=O)CCN(Cc1ccccc1)C(=O)CSCc1cccc(C)c1. The van der Waals surface area contributed by atoms with Crippen molar-refractivity contribution in [1.29, 1.82) is 0 Å². The van der Waals surface area contributed by atoms with Crippen LogP contribution in [0.2, 0.25) is 0 Å². The predicted molar refractivity (Wildman–Crippen MR) is 106 cm³/mol. The lowest BCUT2D eigenvalue weighted by Crippen LogP contribution is -2.34. The number of hydrogen-bond acceptors (Lipinski definition) is 4. The number of carbonyl (C=O) groups excluding carboxylic acids is 2. The van der Waals surface area contributed by atoms with Crippen molar-refractivity contribution in [2.45, 2.75) is 25.6 Å². The lowest BCUT2D eigenvalue weighted by molar-refractivity contribution is -0.141. The van der Waals surface area contributed by atoms with Crippen LogP contribution in [0.5, 0.6) is 0 Å². The molecule has 0 fully saturated rings. The minimum Gasteiger partial charge on any atom is -0.469 e. The third-order valence-electron chi connectivity index (χ3n) is 3.96. The standard InChI is InChI=1S/C21H25NO3S/c1-17-7-6-10-19(13-17)15-26-16-20(23)22(12-11-21(24)25-2)14-18-8-4-3-5-9-18/h3-10,13H,11-12,14-16H2,1-2H3. The first-order chi connectivity index (χ1) is 12.6. The second kappa shape index (κ2) is 10.7. The topological polar surface area (TPSA) is 46.6 Å². The number of aryl methyl sites for hydroxylation is 1. The highest BCUT2D eigenvalue weighted by Crippen LogP contribution is 2.15. The molecular formula is C21H25NO3S. The molecule has 4 nitrogen and oxygen atoms in total. The van der Waals surface area contributed by atoms with Gasteiger partial charge in [0, 0.05) is 18.8 Å². The summed E-state index contributed by atoms with van der Waals surface area (Å²) in [5.41, 5.74) is 3.49. The average molecular weight is 372 g/mol. The second-order valence-corrected chi connectivity index (χ2v) is 7.09. The first-order valence-corrected chi connectivity index (χ1v) is 9.75. The molecule has 1 amide bonds. The second-order valence-electron chi connectivity index (χ2n) is 6.11. The van der Waals surface area contributed by atoms with E-state index in [1.54, 1.807) is 16.7 Å². The number of amides is 1. The van der Waals surface area contributed by atoms with E-state index in [1.165, 1.54) is 18.2 Å². The van der Waals surface area contributed by atoms with E-state index in [4.69, 9.17) is 4.74 Å². The first kappa shape index (κ1) is 20.0. The molecule has 2 rings (SSSR count).